The monoisotopic (exact) mass is 275 g/mol. The molecular formula is C12H25N3O2S. The average Bonchev–Trinajstić information content (AvgIpc) is 2.68. The van der Waals surface area contributed by atoms with Crippen LogP contribution in [0.1, 0.15) is 44.9 Å². The molecule has 2 heterocycles. The third-order valence-electron chi connectivity index (χ3n) is 3.84. The zero-order valence-corrected chi connectivity index (χ0v) is 11.8. The second kappa shape index (κ2) is 6.84. The molecule has 6 heteroatoms. The first-order chi connectivity index (χ1) is 8.68. The van der Waals surface area contributed by atoms with Gasteiger partial charge < -0.3 is 5.32 Å². The Kier molecular flexibility index (Phi) is 5.41. The van der Waals surface area contributed by atoms with E-state index in [0.29, 0.717) is 25.7 Å². The molecule has 0 unspecified atom stereocenters. The average molecular weight is 275 g/mol. The van der Waals surface area contributed by atoms with E-state index in [1.54, 1.807) is 4.31 Å². The van der Waals surface area contributed by atoms with Crippen LogP contribution in [0.15, 0.2) is 0 Å². The Morgan fingerprint density at radius 1 is 1.11 bits per heavy atom. The van der Waals surface area contributed by atoms with Gasteiger partial charge in [0.15, 0.2) is 0 Å². The lowest BCUT2D eigenvalue weighted by Gasteiger charge is -2.20. The Hall–Kier alpha value is -0.170. The molecule has 0 amide bonds. The Morgan fingerprint density at radius 2 is 1.83 bits per heavy atom. The highest BCUT2D eigenvalue weighted by Gasteiger charge is 2.23. The standard InChI is InChI=1S/C12H25N3O2S/c16-18(17,15-10-3-1-2-4-11-15)14-9-7-12-6-5-8-13-12/h12-14H,1-11H2/t12-/m1/s1. The summed E-state index contributed by atoms with van der Waals surface area (Å²) in [4.78, 5) is 0. The van der Waals surface area contributed by atoms with Gasteiger partial charge in [-0.25, -0.2) is 4.72 Å². The van der Waals surface area contributed by atoms with Crippen molar-refractivity contribution in [1.82, 2.24) is 14.3 Å². The molecule has 0 radical (unpaired) electrons. The number of hydrogen-bond acceptors (Lipinski definition) is 3. The quantitative estimate of drug-likeness (QED) is 0.781. The topological polar surface area (TPSA) is 61.4 Å². The van der Waals surface area contributed by atoms with Crippen LogP contribution < -0.4 is 10.0 Å². The van der Waals surface area contributed by atoms with Gasteiger partial charge in [0.1, 0.15) is 0 Å². The summed E-state index contributed by atoms with van der Waals surface area (Å²) in [6.45, 7) is 2.98. The minimum Gasteiger partial charge on any atom is -0.314 e. The summed E-state index contributed by atoms with van der Waals surface area (Å²) in [5.74, 6) is 0. The van der Waals surface area contributed by atoms with Gasteiger partial charge in [-0.3, -0.25) is 0 Å². The molecule has 2 fully saturated rings. The normalized spacial score (nSPS) is 27.2. The van der Waals surface area contributed by atoms with Gasteiger partial charge in [0.25, 0.3) is 10.2 Å². The largest absolute Gasteiger partial charge is 0.314 e. The highest BCUT2D eigenvalue weighted by atomic mass is 32.2. The highest BCUT2D eigenvalue weighted by Crippen LogP contribution is 2.13. The molecule has 0 aromatic rings. The first-order valence-corrected chi connectivity index (χ1v) is 8.60. The summed E-state index contributed by atoms with van der Waals surface area (Å²) in [6, 6.07) is 0.497. The molecule has 18 heavy (non-hydrogen) atoms. The predicted octanol–water partition coefficient (Wildman–Crippen LogP) is 0.839. The van der Waals surface area contributed by atoms with Crippen LogP contribution in [-0.2, 0) is 10.2 Å². The van der Waals surface area contributed by atoms with Crippen LogP contribution in [0.3, 0.4) is 0 Å². The van der Waals surface area contributed by atoms with Crippen molar-refractivity contribution >= 4 is 10.2 Å². The summed E-state index contributed by atoms with van der Waals surface area (Å²) < 4.78 is 28.6. The lowest BCUT2D eigenvalue weighted by atomic mass is 10.2. The Morgan fingerprint density at radius 3 is 2.44 bits per heavy atom. The van der Waals surface area contributed by atoms with Crippen LogP contribution in [0.4, 0.5) is 0 Å². The third-order valence-corrected chi connectivity index (χ3v) is 5.46. The molecule has 2 N–H and O–H groups in total. The van der Waals surface area contributed by atoms with Gasteiger partial charge in [0, 0.05) is 25.7 Å². The number of hydrogen-bond donors (Lipinski definition) is 2. The van der Waals surface area contributed by atoms with Crippen LogP contribution in [0.25, 0.3) is 0 Å². The molecule has 0 bridgehead atoms. The third kappa shape index (κ3) is 4.19. The van der Waals surface area contributed by atoms with Crippen molar-refractivity contribution in [3.8, 4) is 0 Å². The zero-order valence-electron chi connectivity index (χ0n) is 11.0. The minimum absolute atomic E-state index is 0.497. The first-order valence-electron chi connectivity index (χ1n) is 7.16. The second-order valence-electron chi connectivity index (χ2n) is 5.29. The van der Waals surface area contributed by atoms with Gasteiger partial charge in [-0.2, -0.15) is 12.7 Å². The van der Waals surface area contributed by atoms with E-state index in [4.69, 9.17) is 0 Å². The van der Waals surface area contributed by atoms with Crippen LogP contribution in [0, 0.1) is 0 Å². The fourth-order valence-corrected chi connectivity index (χ4v) is 4.04. The molecule has 5 nitrogen and oxygen atoms in total. The fourth-order valence-electron chi connectivity index (χ4n) is 2.74. The smallest absolute Gasteiger partial charge is 0.279 e. The van der Waals surface area contributed by atoms with Crippen LogP contribution >= 0.6 is 0 Å². The van der Waals surface area contributed by atoms with E-state index < -0.39 is 10.2 Å². The lowest BCUT2D eigenvalue weighted by molar-refractivity contribution is 0.412. The number of nitrogens with one attached hydrogen (secondary N) is 2. The van der Waals surface area contributed by atoms with Gasteiger partial charge in [-0.1, -0.05) is 12.8 Å². The van der Waals surface area contributed by atoms with Gasteiger partial charge in [0.2, 0.25) is 0 Å². The summed E-state index contributed by atoms with van der Waals surface area (Å²) in [6.07, 6.45) is 7.56. The van der Waals surface area contributed by atoms with Crippen molar-refractivity contribution < 1.29 is 8.42 Å². The second-order valence-corrected chi connectivity index (χ2v) is 7.05. The van der Waals surface area contributed by atoms with E-state index in [0.717, 1.165) is 38.6 Å². The first kappa shape index (κ1) is 14.2. The molecule has 0 spiro atoms. The van der Waals surface area contributed by atoms with Crippen molar-refractivity contribution in [1.29, 1.82) is 0 Å². The molecule has 0 saturated carbocycles. The highest BCUT2D eigenvalue weighted by molar-refractivity contribution is 7.87. The maximum Gasteiger partial charge on any atom is 0.279 e. The molecule has 2 aliphatic heterocycles. The van der Waals surface area contributed by atoms with E-state index in [9.17, 15) is 8.42 Å². The van der Waals surface area contributed by atoms with Crippen LogP contribution in [0.5, 0.6) is 0 Å². The molecule has 106 valence electrons. The van der Waals surface area contributed by atoms with E-state index >= 15 is 0 Å². The molecule has 0 aliphatic carbocycles. The van der Waals surface area contributed by atoms with Crippen molar-refractivity contribution in [2.75, 3.05) is 26.2 Å². The fraction of sp³-hybridized carbons (Fsp3) is 1.00. The van der Waals surface area contributed by atoms with Crippen LogP contribution in [0.2, 0.25) is 0 Å². The molecule has 1 atom stereocenters. The van der Waals surface area contributed by atoms with Gasteiger partial charge in [-0.05, 0) is 38.6 Å². The summed E-state index contributed by atoms with van der Waals surface area (Å²) in [5, 5.41) is 3.38. The van der Waals surface area contributed by atoms with Crippen molar-refractivity contribution in [3.63, 3.8) is 0 Å². The Balaban J connectivity index is 1.74. The molecular weight excluding hydrogens is 250 g/mol. The van der Waals surface area contributed by atoms with E-state index in [2.05, 4.69) is 10.0 Å². The van der Waals surface area contributed by atoms with Crippen molar-refractivity contribution in [2.24, 2.45) is 0 Å². The van der Waals surface area contributed by atoms with E-state index in [-0.39, 0.29) is 0 Å². The molecule has 0 aromatic heterocycles. The van der Waals surface area contributed by atoms with Crippen molar-refractivity contribution in [3.05, 3.63) is 0 Å². The maximum atomic E-state index is 12.1. The van der Waals surface area contributed by atoms with Crippen molar-refractivity contribution in [2.45, 2.75) is 51.0 Å². The van der Waals surface area contributed by atoms with E-state index in [1.807, 2.05) is 0 Å². The molecule has 2 saturated heterocycles. The lowest BCUT2D eigenvalue weighted by Crippen LogP contribution is -2.42. The van der Waals surface area contributed by atoms with Gasteiger partial charge >= 0.3 is 0 Å². The van der Waals surface area contributed by atoms with Gasteiger partial charge in [-0.15, -0.1) is 0 Å². The maximum absolute atomic E-state index is 12.1. The number of rotatable bonds is 5. The van der Waals surface area contributed by atoms with Crippen LogP contribution in [-0.4, -0.2) is 44.9 Å². The molecule has 2 aliphatic rings. The number of nitrogens with zero attached hydrogens (tertiary/aromatic N) is 1. The predicted molar refractivity (Wildman–Crippen MR) is 72.6 cm³/mol. The van der Waals surface area contributed by atoms with Gasteiger partial charge in [0.05, 0.1) is 0 Å². The minimum atomic E-state index is -3.24. The van der Waals surface area contributed by atoms with E-state index in [1.165, 1.54) is 12.8 Å². The summed E-state index contributed by atoms with van der Waals surface area (Å²) in [7, 11) is -3.24. The molecule has 2 rings (SSSR count). The zero-order chi connectivity index (χ0) is 12.8. The Bertz CT molecular complexity index is 331. The SMILES string of the molecule is O=S(=O)(NCC[C@H]1CCCN1)N1CCCCCC1. The Labute approximate surface area is 110 Å². The summed E-state index contributed by atoms with van der Waals surface area (Å²) >= 11 is 0. The summed E-state index contributed by atoms with van der Waals surface area (Å²) in [5.41, 5.74) is 0. The molecule has 0 aromatic carbocycles.